The van der Waals surface area contributed by atoms with Crippen LogP contribution in [0.5, 0.6) is 0 Å². The molecule has 1 heterocycles. The molecule has 0 spiro atoms. The van der Waals surface area contributed by atoms with Gasteiger partial charge in [0.15, 0.2) is 0 Å². The van der Waals surface area contributed by atoms with E-state index in [1.807, 2.05) is 12.1 Å². The van der Waals surface area contributed by atoms with Crippen LogP contribution < -0.4 is 5.73 Å². The van der Waals surface area contributed by atoms with Gasteiger partial charge >= 0.3 is 0 Å². The molecule has 3 nitrogen and oxygen atoms in total. The summed E-state index contributed by atoms with van der Waals surface area (Å²) in [6.45, 7) is -0.0172. The summed E-state index contributed by atoms with van der Waals surface area (Å²) in [4.78, 5) is 3.54. The van der Waals surface area contributed by atoms with Gasteiger partial charge in [-0.05, 0) is 40.5 Å². The third-order valence-corrected chi connectivity index (χ3v) is 4.55. The number of benzene rings is 3. The Hall–Kier alpha value is -2.33. The molecule has 0 radical (unpaired) electrons. The van der Waals surface area contributed by atoms with Crippen LogP contribution in [-0.4, -0.2) is 22.7 Å². The maximum absolute atomic E-state index is 9.37. The predicted octanol–water partition coefficient (Wildman–Crippen LogP) is 4.27. The van der Waals surface area contributed by atoms with E-state index in [-0.39, 0.29) is 25.1 Å². The van der Waals surface area contributed by atoms with Crippen LogP contribution in [0.4, 0.5) is 0 Å². The molecule has 0 saturated heterocycles. The van der Waals surface area contributed by atoms with E-state index in [1.54, 1.807) is 0 Å². The summed E-state index contributed by atoms with van der Waals surface area (Å²) < 4.78 is 0. The Balaban J connectivity index is 0.00000182. The number of fused-ring (bicyclic) bond motifs is 2. The van der Waals surface area contributed by atoms with E-state index in [0.717, 1.165) is 16.8 Å². The maximum Gasteiger partial charge on any atom is 0.0585 e. The van der Waals surface area contributed by atoms with E-state index < -0.39 is 0 Å². The highest BCUT2D eigenvalue weighted by Gasteiger charge is 2.15. The second-order valence-electron chi connectivity index (χ2n) is 6.23. The Morgan fingerprint density at radius 1 is 0.920 bits per heavy atom. The molecular weight excluding hydrogens is 332 g/mol. The average molecular weight is 353 g/mol. The molecule has 0 bridgehead atoms. The predicted molar refractivity (Wildman–Crippen MR) is 107 cm³/mol. The highest BCUT2D eigenvalue weighted by molar-refractivity contribution is 5.93. The molecule has 1 aromatic heterocycles. The number of aromatic amines is 1. The Morgan fingerprint density at radius 3 is 2.44 bits per heavy atom. The molecule has 4 N–H and O–H groups in total. The zero-order chi connectivity index (χ0) is 16.5. The lowest BCUT2D eigenvalue weighted by Crippen LogP contribution is -2.26. The van der Waals surface area contributed by atoms with Crippen LogP contribution in [0.25, 0.3) is 32.9 Å². The number of para-hydroxylation sites is 1. The van der Waals surface area contributed by atoms with Crippen LogP contribution in [0.1, 0.15) is 5.56 Å². The summed E-state index contributed by atoms with van der Waals surface area (Å²) in [5.41, 5.74) is 10.5. The van der Waals surface area contributed by atoms with Crippen LogP contribution >= 0.6 is 12.4 Å². The molecule has 1 unspecified atom stereocenters. The monoisotopic (exact) mass is 352 g/mol. The van der Waals surface area contributed by atoms with Crippen molar-refractivity contribution in [2.75, 3.05) is 6.61 Å². The van der Waals surface area contributed by atoms with E-state index in [9.17, 15) is 5.11 Å². The Bertz CT molecular complexity index is 1010. The Kier molecular flexibility index (Phi) is 5.09. The summed E-state index contributed by atoms with van der Waals surface area (Å²) in [6.07, 6.45) is 0.642. The van der Waals surface area contributed by atoms with E-state index in [1.165, 1.54) is 21.7 Å². The van der Waals surface area contributed by atoms with E-state index in [4.69, 9.17) is 5.73 Å². The van der Waals surface area contributed by atoms with Gasteiger partial charge in [0.2, 0.25) is 0 Å². The first kappa shape index (κ1) is 17.5. The van der Waals surface area contributed by atoms with Gasteiger partial charge in [0.1, 0.15) is 0 Å². The molecule has 25 heavy (non-hydrogen) atoms. The summed E-state index contributed by atoms with van der Waals surface area (Å²) in [6, 6.07) is 22.8. The fourth-order valence-electron chi connectivity index (χ4n) is 3.33. The largest absolute Gasteiger partial charge is 0.395 e. The van der Waals surface area contributed by atoms with Crippen molar-refractivity contribution in [1.82, 2.24) is 4.98 Å². The highest BCUT2D eigenvalue weighted by atomic mass is 35.5. The van der Waals surface area contributed by atoms with Crippen LogP contribution in [0.3, 0.4) is 0 Å². The average Bonchev–Trinajstić information content (AvgIpc) is 3.00. The van der Waals surface area contributed by atoms with Crippen molar-refractivity contribution in [3.63, 3.8) is 0 Å². The third kappa shape index (κ3) is 3.27. The summed E-state index contributed by atoms with van der Waals surface area (Å²) in [7, 11) is 0. The molecule has 0 saturated carbocycles. The zero-order valence-electron chi connectivity index (χ0n) is 13.8. The number of nitrogens with two attached hydrogens (primary N) is 1. The molecule has 0 aliphatic carbocycles. The van der Waals surface area contributed by atoms with Crippen molar-refractivity contribution >= 4 is 34.1 Å². The number of aliphatic hydroxyl groups excluding tert-OH is 1. The molecule has 0 aliphatic heterocycles. The zero-order valence-corrected chi connectivity index (χ0v) is 14.6. The second-order valence-corrected chi connectivity index (χ2v) is 6.23. The minimum Gasteiger partial charge on any atom is -0.395 e. The topological polar surface area (TPSA) is 62.0 Å². The van der Waals surface area contributed by atoms with Gasteiger partial charge in [-0.15, -0.1) is 12.4 Å². The number of halogens is 1. The summed E-state index contributed by atoms with van der Waals surface area (Å²) >= 11 is 0. The van der Waals surface area contributed by atoms with Crippen LogP contribution in [-0.2, 0) is 6.42 Å². The normalized spacial score (nSPS) is 12.2. The van der Waals surface area contributed by atoms with Crippen molar-refractivity contribution in [2.24, 2.45) is 5.73 Å². The molecule has 0 amide bonds. The van der Waals surface area contributed by atoms with Gasteiger partial charge in [-0.25, -0.2) is 0 Å². The molecule has 4 heteroatoms. The van der Waals surface area contributed by atoms with Gasteiger partial charge < -0.3 is 15.8 Å². The number of rotatable bonds is 4. The first-order valence-corrected chi connectivity index (χ1v) is 8.21. The lowest BCUT2D eigenvalue weighted by atomic mass is 9.98. The smallest absolute Gasteiger partial charge is 0.0585 e. The molecule has 4 aromatic rings. The quantitative estimate of drug-likeness (QED) is 0.513. The van der Waals surface area contributed by atoms with Crippen molar-refractivity contribution in [3.05, 3.63) is 72.3 Å². The Labute approximate surface area is 152 Å². The molecule has 3 aromatic carbocycles. The van der Waals surface area contributed by atoms with Crippen LogP contribution in [0.2, 0.25) is 0 Å². The lowest BCUT2D eigenvalue weighted by Gasteiger charge is -2.10. The fraction of sp³-hybridized carbons (Fsp3) is 0.143. The summed E-state index contributed by atoms with van der Waals surface area (Å²) in [5.74, 6) is 0. The van der Waals surface area contributed by atoms with Crippen molar-refractivity contribution in [2.45, 2.75) is 12.5 Å². The number of hydrogen-bond donors (Lipinski definition) is 3. The van der Waals surface area contributed by atoms with Crippen molar-refractivity contribution in [3.8, 4) is 11.3 Å². The fourth-order valence-corrected chi connectivity index (χ4v) is 3.33. The SMILES string of the molecule is Cl.NC(CO)Cc1c(-c2ccc3ccccc3c2)[nH]c2ccccc12. The molecule has 0 aliphatic rings. The number of hydrogen-bond acceptors (Lipinski definition) is 2. The Morgan fingerprint density at radius 2 is 1.64 bits per heavy atom. The van der Waals surface area contributed by atoms with Crippen molar-refractivity contribution in [1.29, 1.82) is 0 Å². The first-order chi connectivity index (χ1) is 11.8. The van der Waals surface area contributed by atoms with E-state index in [0.29, 0.717) is 6.42 Å². The van der Waals surface area contributed by atoms with Gasteiger partial charge in [-0.3, -0.25) is 0 Å². The maximum atomic E-state index is 9.37. The molecule has 1 atom stereocenters. The van der Waals surface area contributed by atoms with Gasteiger partial charge in [0, 0.05) is 22.6 Å². The number of aromatic nitrogens is 1. The van der Waals surface area contributed by atoms with E-state index in [2.05, 4.69) is 59.6 Å². The summed E-state index contributed by atoms with van der Waals surface area (Å²) in [5, 5.41) is 13.0. The molecule has 128 valence electrons. The number of nitrogens with one attached hydrogen (secondary N) is 1. The first-order valence-electron chi connectivity index (χ1n) is 8.21. The lowest BCUT2D eigenvalue weighted by molar-refractivity contribution is 0.265. The minimum atomic E-state index is -0.261. The third-order valence-electron chi connectivity index (χ3n) is 4.55. The second kappa shape index (κ2) is 7.28. The molecular formula is C21H21ClN2O. The molecule has 0 fully saturated rings. The van der Waals surface area contributed by atoms with E-state index >= 15 is 0 Å². The standard InChI is InChI=1S/C21H20N2O.ClH/c22-17(13-24)12-19-18-7-3-4-8-20(18)23-21(19)16-10-9-14-5-1-2-6-15(14)11-16;/h1-11,17,23-24H,12-13,22H2;1H. The van der Waals surface area contributed by atoms with Crippen molar-refractivity contribution < 1.29 is 5.11 Å². The van der Waals surface area contributed by atoms with Crippen LogP contribution in [0.15, 0.2) is 66.7 Å². The number of H-pyrrole nitrogens is 1. The minimum absolute atomic E-state index is 0. The van der Waals surface area contributed by atoms with Gasteiger partial charge in [-0.1, -0.05) is 54.6 Å². The molecule has 4 rings (SSSR count). The van der Waals surface area contributed by atoms with Gasteiger partial charge in [0.25, 0.3) is 0 Å². The number of aliphatic hydroxyl groups is 1. The van der Waals surface area contributed by atoms with Gasteiger partial charge in [0.05, 0.1) is 6.61 Å². The van der Waals surface area contributed by atoms with Gasteiger partial charge in [-0.2, -0.15) is 0 Å². The highest BCUT2D eigenvalue weighted by Crippen LogP contribution is 2.32. The van der Waals surface area contributed by atoms with Crippen LogP contribution in [0, 0.1) is 0 Å².